The zero-order valence-electron chi connectivity index (χ0n) is 11.6. The summed E-state index contributed by atoms with van der Waals surface area (Å²) in [6, 6.07) is 9.38. The predicted octanol–water partition coefficient (Wildman–Crippen LogP) is 1.45. The summed E-state index contributed by atoms with van der Waals surface area (Å²) >= 11 is 0. The van der Waals surface area contributed by atoms with Crippen LogP contribution in [-0.4, -0.2) is 28.5 Å². The zero-order valence-corrected chi connectivity index (χ0v) is 11.6. The van der Waals surface area contributed by atoms with Crippen LogP contribution in [0.15, 0.2) is 47.3 Å². The minimum Gasteiger partial charge on any atom is -0.363 e. The predicted molar refractivity (Wildman–Crippen MR) is 80.1 cm³/mol. The van der Waals surface area contributed by atoms with E-state index in [4.69, 9.17) is 0 Å². The number of carbonyl (C=O) groups is 2. The molecule has 0 saturated carbocycles. The van der Waals surface area contributed by atoms with Gasteiger partial charge in [-0.1, -0.05) is 23.4 Å². The van der Waals surface area contributed by atoms with Gasteiger partial charge in [0.25, 0.3) is 0 Å². The molecule has 1 aromatic carbocycles. The van der Waals surface area contributed by atoms with Crippen LogP contribution in [0, 0.1) is 0 Å². The summed E-state index contributed by atoms with van der Waals surface area (Å²) in [7, 11) is 0. The molecule has 2 amide bonds. The topological polar surface area (TPSA) is 100 Å². The third kappa shape index (κ3) is 2.98. The van der Waals surface area contributed by atoms with Crippen LogP contribution in [0.2, 0.25) is 0 Å². The van der Waals surface area contributed by atoms with Crippen molar-refractivity contribution in [1.29, 1.82) is 0 Å². The molecule has 0 saturated heterocycles. The standard InChI is InChI=1S/C15H14N4O3/c20-14(15(21)18-13-6-8-22-19-13)16-7-5-10-9-17-12-4-2-1-3-11(10)12/h1-4,6,8-9,17H,5,7H2,(H,16,20)(H,18,19,21). The molecule has 112 valence electrons. The van der Waals surface area contributed by atoms with Gasteiger partial charge in [-0.3, -0.25) is 14.9 Å². The molecule has 2 aromatic heterocycles. The molecule has 0 aliphatic carbocycles. The number of aromatic amines is 1. The summed E-state index contributed by atoms with van der Waals surface area (Å²) < 4.78 is 4.57. The van der Waals surface area contributed by atoms with Crippen LogP contribution in [0.4, 0.5) is 5.82 Å². The average Bonchev–Trinajstić information content (AvgIpc) is 3.17. The van der Waals surface area contributed by atoms with Crippen molar-refractivity contribution in [3.63, 3.8) is 0 Å². The van der Waals surface area contributed by atoms with Crippen molar-refractivity contribution in [2.75, 3.05) is 11.9 Å². The van der Waals surface area contributed by atoms with Gasteiger partial charge < -0.3 is 14.8 Å². The van der Waals surface area contributed by atoms with E-state index in [0.29, 0.717) is 13.0 Å². The van der Waals surface area contributed by atoms with E-state index in [0.717, 1.165) is 16.5 Å². The Labute approximate surface area is 125 Å². The summed E-state index contributed by atoms with van der Waals surface area (Å²) in [5.74, 6) is -1.27. The Morgan fingerprint density at radius 2 is 2.05 bits per heavy atom. The van der Waals surface area contributed by atoms with Gasteiger partial charge in [0.1, 0.15) is 6.26 Å². The lowest BCUT2D eigenvalue weighted by Crippen LogP contribution is -2.36. The van der Waals surface area contributed by atoms with E-state index in [1.165, 1.54) is 12.3 Å². The second-order valence-corrected chi connectivity index (χ2v) is 4.70. The van der Waals surface area contributed by atoms with Crippen molar-refractivity contribution in [3.05, 3.63) is 48.4 Å². The van der Waals surface area contributed by atoms with Crippen LogP contribution in [0.25, 0.3) is 10.9 Å². The summed E-state index contributed by atoms with van der Waals surface area (Å²) in [5.41, 5.74) is 2.14. The number of nitrogens with zero attached hydrogens (tertiary/aromatic N) is 1. The maximum atomic E-state index is 11.7. The van der Waals surface area contributed by atoms with E-state index in [1.807, 2.05) is 30.5 Å². The molecule has 3 N–H and O–H groups in total. The van der Waals surface area contributed by atoms with Crippen molar-refractivity contribution < 1.29 is 14.1 Å². The highest BCUT2D eigenvalue weighted by atomic mass is 16.5. The van der Waals surface area contributed by atoms with Gasteiger partial charge in [-0.15, -0.1) is 0 Å². The summed E-state index contributed by atoms with van der Waals surface area (Å²) in [4.78, 5) is 26.4. The van der Waals surface area contributed by atoms with E-state index >= 15 is 0 Å². The van der Waals surface area contributed by atoms with Gasteiger partial charge >= 0.3 is 11.8 Å². The number of rotatable bonds is 4. The van der Waals surface area contributed by atoms with Gasteiger partial charge in [0.15, 0.2) is 5.82 Å². The number of para-hydroxylation sites is 1. The lowest BCUT2D eigenvalue weighted by molar-refractivity contribution is -0.136. The third-order valence-electron chi connectivity index (χ3n) is 3.24. The van der Waals surface area contributed by atoms with Gasteiger partial charge in [0, 0.05) is 29.7 Å². The molecule has 0 atom stereocenters. The zero-order chi connectivity index (χ0) is 15.4. The Morgan fingerprint density at radius 1 is 1.18 bits per heavy atom. The minimum atomic E-state index is -0.771. The van der Waals surface area contributed by atoms with E-state index in [1.54, 1.807) is 0 Å². The highest BCUT2D eigenvalue weighted by Gasteiger charge is 2.14. The maximum Gasteiger partial charge on any atom is 0.314 e. The molecule has 3 rings (SSSR count). The molecule has 0 radical (unpaired) electrons. The SMILES string of the molecule is O=C(NCCc1c[nH]c2ccccc12)C(=O)Nc1ccon1. The van der Waals surface area contributed by atoms with Gasteiger partial charge in [0.05, 0.1) is 0 Å². The third-order valence-corrected chi connectivity index (χ3v) is 3.24. The molecule has 0 aliphatic heterocycles. The number of hydrogen-bond donors (Lipinski definition) is 3. The Bertz CT molecular complexity index is 792. The van der Waals surface area contributed by atoms with E-state index in [-0.39, 0.29) is 5.82 Å². The number of aromatic nitrogens is 2. The van der Waals surface area contributed by atoms with Crippen molar-refractivity contribution in [2.45, 2.75) is 6.42 Å². The van der Waals surface area contributed by atoms with Gasteiger partial charge in [-0.05, 0) is 18.1 Å². The van der Waals surface area contributed by atoms with Crippen LogP contribution in [0.3, 0.4) is 0 Å². The van der Waals surface area contributed by atoms with E-state index in [2.05, 4.69) is 25.3 Å². The van der Waals surface area contributed by atoms with E-state index < -0.39 is 11.8 Å². The number of amides is 2. The molecule has 22 heavy (non-hydrogen) atoms. The first kappa shape index (κ1) is 13.9. The quantitative estimate of drug-likeness (QED) is 0.635. The number of carbonyl (C=O) groups excluding carboxylic acids is 2. The van der Waals surface area contributed by atoms with Crippen LogP contribution >= 0.6 is 0 Å². The fraction of sp³-hybridized carbons (Fsp3) is 0.133. The molecule has 7 nitrogen and oxygen atoms in total. The first-order valence-corrected chi connectivity index (χ1v) is 6.78. The molecule has 2 heterocycles. The van der Waals surface area contributed by atoms with Gasteiger partial charge in [-0.2, -0.15) is 0 Å². The summed E-state index contributed by atoms with van der Waals surface area (Å²) in [6.45, 7) is 0.368. The Balaban J connectivity index is 1.52. The van der Waals surface area contributed by atoms with Crippen molar-refractivity contribution in [1.82, 2.24) is 15.5 Å². The highest BCUT2D eigenvalue weighted by molar-refractivity contribution is 6.39. The summed E-state index contributed by atoms with van der Waals surface area (Å²) in [5, 5.41) is 9.52. The van der Waals surface area contributed by atoms with Gasteiger partial charge in [-0.25, -0.2) is 0 Å². The van der Waals surface area contributed by atoms with Crippen molar-refractivity contribution in [3.8, 4) is 0 Å². The van der Waals surface area contributed by atoms with Crippen LogP contribution in [0.1, 0.15) is 5.56 Å². The number of benzene rings is 1. The number of fused-ring (bicyclic) bond motifs is 1. The first-order chi connectivity index (χ1) is 10.7. The maximum absolute atomic E-state index is 11.7. The highest BCUT2D eigenvalue weighted by Crippen LogP contribution is 2.17. The largest absolute Gasteiger partial charge is 0.363 e. The van der Waals surface area contributed by atoms with Crippen molar-refractivity contribution in [2.24, 2.45) is 0 Å². The summed E-state index contributed by atoms with van der Waals surface area (Å²) in [6.07, 6.45) is 3.85. The smallest absolute Gasteiger partial charge is 0.314 e. The molecular weight excluding hydrogens is 284 g/mol. The van der Waals surface area contributed by atoms with Crippen LogP contribution in [-0.2, 0) is 16.0 Å². The van der Waals surface area contributed by atoms with E-state index in [9.17, 15) is 9.59 Å². The Morgan fingerprint density at radius 3 is 2.86 bits per heavy atom. The lowest BCUT2D eigenvalue weighted by atomic mass is 10.1. The molecular formula is C15H14N4O3. The van der Waals surface area contributed by atoms with Crippen LogP contribution in [0.5, 0.6) is 0 Å². The number of H-pyrrole nitrogens is 1. The van der Waals surface area contributed by atoms with Crippen molar-refractivity contribution >= 4 is 28.5 Å². The number of hydrogen-bond acceptors (Lipinski definition) is 4. The molecule has 0 unspecified atom stereocenters. The number of anilines is 1. The molecule has 0 aliphatic rings. The average molecular weight is 298 g/mol. The van der Waals surface area contributed by atoms with Gasteiger partial charge in [0.2, 0.25) is 0 Å². The van der Waals surface area contributed by atoms with Crippen LogP contribution < -0.4 is 10.6 Å². The molecule has 7 heteroatoms. The Hall–Kier alpha value is -3.09. The normalized spacial score (nSPS) is 10.5. The minimum absolute atomic E-state index is 0.205. The molecule has 3 aromatic rings. The second kappa shape index (κ2) is 6.13. The fourth-order valence-corrected chi connectivity index (χ4v) is 2.18. The molecule has 0 bridgehead atoms. The fourth-order valence-electron chi connectivity index (χ4n) is 2.18. The number of nitrogens with one attached hydrogen (secondary N) is 3. The lowest BCUT2D eigenvalue weighted by Gasteiger charge is -2.04. The first-order valence-electron chi connectivity index (χ1n) is 6.78. The molecule has 0 spiro atoms. The second-order valence-electron chi connectivity index (χ2n) is 4.70. The Kier molecular flexibility index (Phi) is 3.86. The molecule has 0 fully saturated rings. The monoisotopic (exact) mass is 298 g/mol.